The fraction of sp³-hybridized carbons (Fsp3) is 1.00. The van der Waals surface area contributed by atoms with Crippen molar-refractivity contribution in [3.05, 3.63) is 0 Å². The first-order chi connectivity index (χ1) is 3.77. The average molecular weight is 142 g/mol. The summed E-state index contributed by atoms with van der Waals surface area (Å²) in [6.07, 6.45) is 0. The topological polar surface area (TPSA) is 76.0 Å². The van der Waals surface area contributed by atoms with E-state index in [-0.39, 0.29) is 13.2 Å². The fourth-order valence-electron chi connectivity index (χ4n) is 0.129. The summed E-state index contributed by atoms with van der Waals surface area (Å²) in [6.45, 7) is -0.313. The lowest BCUT2D eigenvalue weighted by molar-refractivity contribution is -0.213. The van der Waals surface area contributed by atoms with E-state index in [4.69, 9.17) is 10.00 Å². The van der Waals surface area contributed by atoms with Crippen LogP contribution in [-0.2, 0) is 14.1 Å². The van der Waals surface area contributed by atoms with Gasteiger partial charge in [-0.05, 0) is 0 Å². The Morgan fingerprint density at radius 2 is 2.25 bits per heavy atom. The van der Waals surface area contributed by atoms with E-state index in [0.717, 1.165) is 0 Å². The van der Waals surface area contributed by atoms with E-state index >= 15 is 0 Å². The second kappa shape index (κ2) is 5.21. The van der Waals surface area contributed by atoms with Gasteiger partial charge in [-0.3, -0.25) is 4.57 Å². The minimum absolute atomic E-state index is 0.0863. The van der Waals surface area contributed by atoms with Crippen LogP contribution in [0.4, 0.5) is 0 Å². The smallest absolute Gasteiger partial charge is 0.344 e. The molecule has 0 saturated carbocycles. The molecule has 1 atom stereocenters. The third kappa shape index (κ3) is 6.07. The predicted octanol–water partition coefficient (Wildman–Crippen LogP) is -0.691. The van der Waals surface area contributed by atoms with Gasteiger partial charge in [-0.2, -0.15) is 4.67 Å². The summed E-state index contributed by atoms with van der Waals surface area (Å²) >= 11 is 0. The van der Waals surface area contributed by atoms with Crippen molar-refractivity contribution < 1.29 is 24.1 Å². The minimum atomic E-state index is -2.99. The normalized spacial score (nSPS) is 13.8. The van der Waals surface area contributed by atoms with Gasteiger partial charge in [-0.25, -0.2) is 4.89 Å². The van der Waals surface area contributed by atoms with Crippen molar-refractivity contribution in [3.63, 3.8) is 0 Å². The zero-order valence-corrected chi connectivity index (χ0v) is 5.03. The summed E-state index contributed by atoms with van der Waals surface area (Å²) in [7, 11) is -2.99. The number of aliphatic hydroxyl groups is 1. The van der Waals surface area contributed by atoms with Crippen molar-refractivity contribution in [2.45, 2.75) is 0 Å². The van der Waals surface area contributed by atoms with Gasteiger partial charge in [0.05, 0.1) is 6.61 Å². The van der Waals surface area contributed by atoms with Crippen LogP contribution in [0.1, 0.15) is 0 Å². The highest BCUT2D eigenvalue weighted by atomic mass is 31.1. The van der Waals surface area contributed by atoms with Crippen molar-refractivity contribution in [1.82, 2.24) is 0 Å². The van der Waals surface area contributed by atoms with E-state index in [1.807, 2.05) is 0 Å². The summed E-state index contributed by atoms with van der Waals surface area (Å²) in [4.78, 5) is 11.9. The Kier molecular flexibility index (Phi) is 5.26. The molecule has 0 rings (SSSR count). The molecule has 0 aliphatic carbocycles. The second-order valence-corrected chi connectivity index (χ2v) is 1.59. The van der Waals surface area contributed by atoms with Crippen LogP contribution in [0.5, 0.6) is 0 Å². The molecule has 0 saturated heterocycles. The maximum absolute atomic E-state index is 9.63. The minimum Gasteiger partial charge on any atom is -0.394 e. The maximum atomic E-state index is 9.63. The van der Waals surface area contributed by atoms with Crippen LogP contribution >= 0.6 is 8.25 Å². The van der Waals surface area contributed by atoms with E-state index in [9.17, 15) is 4.57 Å². The predicted molar refractivity (Wildman–Crippen MR) is 25.3 cm³/mol. The fourth-order valence-corrected chi connectivity index (χ4v) is 0.313. The van der Waals surface area contributed by atoms with Crippen molar-refractivity contribution in [3.8, 4) is 0 Å². The molecule has 8 heavy (non-hydrogen) atoms. The van der Waals surface area contributed by atoms with Crippen molar-refractivity contribution >= 4 is 8.25 Å². The average Bonchev–Trinajstić information content (AvgIpc) is 1.66. The van der Waals surface area contributed by atoms with Crippen molar-refractivity contribution in [2.24, 2.45) is 0 Å². The SMILES string of the molecule is O=[PH](O)OOCCO. The molecule has 0 radical (unpaired) electrons. The Labute approximate surface area is 46.7 Å². The van der Waals surface area contributed by atoms with Gasteiger partial charge in [0.15, 0.2) is 0 Å². The van der Waals surface area contributed by atoms with Gasteiger partial charge in [-0.15, -0.1) is 0 Å². The molecule has 6 heteroatoms. The molecule has 0 aliphatic heterocycles. The quantitative estimate of drug-likeness (QED) is 0.235. The largest absolute Gasteiger partial charge is 0.394 e. The summed E-state index contributed by atoms with van der Waals surface area (Å²) in [5.41, 5.74) is 0. The van der Waals surface area contributed by atoms with E-state index in [0.29, 0.717) is 0 Å². The number of aliphatic hydroxyl groups excluding tert-OH is 1. The van der Waals surface area contributed by atoms with Gasteiger partial charge in [0, 0.05) is 0 Å². The molecular formula is C2H7O5P. The standard InChI is InChI=1S/C2H7O5P/c3-1-2-6-7-8(4)5/h3,8H,1-2H2,(H,4,5). The highest BCUT2D eigenvalue weighted by molar-refractivity contribution is 7.31. The van der Waals surface area contributed by atoms with E-state index < -0.39 is 8.25 Å². The molecule has 0 amide bonds. The van der Waals surface area contributed by atoms with Crippen molar-refractivity contribution in [1.29, 1.82) is 0 Å². The van der Waals surface area contributed by atoms with Gasteiger partial charge in [0.1, 0.15) is 6.61 Å². The zero-order valence-electron chi connectivity index (χ0n) is 4.03. The molecule has 0 fully saturated rings. The lowest BCUT2D eigenvalue weighted by Gasteiger charge is -1.94. The van der Waals surface area contributed by atoms with Gasteiger partial charge < -0.3 is 10.00 Å². The molecule has 0 bridgehead atoms. The van der Waals surface area contributed by atoms with Crippen LogP contribution in [0.25, 0.3) is 0 Å². The summed E-state index contributed by atoms with van der Waals surface area (Å²) in [6, 6.07) is 0. The summed E-state index contributed by atoms with van der Waals surface area (Å²) < 4.78 is 13.4. The first-order valence-corrected chi connectivity index (χ1v) is 3.17. The molecule has 0 aromatic rings. The van der Waals surface area contributed by atoms with Gasteiger partial charge in [0.25, 0.3) is 0 Å². The Balaban J connectivity index is 2.82. The molecular weight excluding hydrogens is 135 g/mol. The first kappa shape index (κ1) is 8.07. The van der Waals surface area contributed by atoms with Crippen LogP contribution in [0.2, 0.25) is 0 Å². The van der Waals surface area contributed by atoms with Crippen LogP contribution in [0.3, 0.4) is 0 Å². The Morgan fingerprint density at radius 1 is 1.62 bits per heavy atom. The van der Waals surface area contributed by atoms with E-state index in [1.165, 1.54) is 0 Å². The lowest BCUT2D eigenvalue weighted by Crippen LogP contribution is -1.95. The number of rotatable bonds is 4. The lowest BCUT2D eigenvalue weighted by atomic mass is 10.8. The molecule has 0 spiro atoms. The summed E-state index contributed by atoms with van der Waals surface area (Å²) in [5.74, 6) is 0. The van der Waals surface area contributed by atoms with Crippen LogP contribution in [0, 0.1) is 0 Å². The van der Waals surface area contributed by atoms with Crippen molar-refractivity contribution in [2.75, 3.05) is 13.2 Å². The van der Waals surface area contributed by atoms with Crippen LogP contribution in [-0.4, -0.2) is 23.2 Å². The van der Waals surface area contributed by atoms with E-state index in [2.05, 4.69) is 9.56 Å². The van der Waals surface area contributed by atoms with Gasteiger partial charge in [-0.1, -0.05) is 0 Å². The third-order valence-electron chi connectivity index (χ3n) is 0.305. The van der Waals surface area contributed by atoms with E-state index in [1.54, 1.807) is 0 Å². The number of hydrogen-bond donors (Lipinski definition) is 2. The highest BCUT2D eigenvalue weighted by Crippen LogP contribution is 2.13. The first-order valence-electron chi connectivity index (χ1n) is 1.90. The third-order valence-corrected chi connectivity index (χ3v) is 0.565. The molecule has 1 unspecified atom stereocenters. The van der Waals surface area contributed by atoms with Crippen LogP contribution in [0.15, 0.2) is 0 Å². The van der Waals surface area contributed by atoms with Gasteiger partial charge >= 0.3 is 8.25 Å². The molecule has 0 heterocycles. The monoisotopic (exact) mass is 142 g/mol. The molecule has 50 valence electrons. The highest BCUT2D eigenvalue weighted by Gasteiger charge is 1.89. The molecule has 0 aromatic carbocycles. The molecule has 5 nitrogen and oxygen atoms in total. The Morgan fingerprint density at radius 3 is 2.62 bits per heavy atom. The Hall–Kier alpha value is 0.0700. The molecule has 2 N–H and O–H groups in total. The Bertz CT molecular complexity index is 72.8. The second-order valence-electron chi connectivity index (χ2n) is 0.895. The maximum Gasteiger partial charge on any atom is 0.344 e. The number of hydrogen-bond acceptors (Lipinski definition) is 4. The van der Waals surface area contributed by atoms with Crippen LogP contribution < -0.4 is 0 Å². The zero-order chi connectivity index (χ0) is 6.41. The summed E-state index contributed by atoms with van der Waals surface area (Å²) in [5, 5.41) is 8.00. The molecule has 0 aromatic heterocycles. The van der Waals surface area contributed by atoms with Gasteiger partial charge in [0.2, 0.25) is 0 Å². The molecule has 0 aliphatic rings.